The van der Waals surface area contributed by atoms with Crippen LogP contribution >= 0.6 is 0 Å². The number of imide groups is 2. The van der Waals surface area contributed by atoms with E-state index >= 15 is 0 Å². The summed E-state index contributed by atoms with van der Waals surface area (Å²) in [5.74, 6) is -3.06. The van der Waals surface area contributed by atoms with Crippen LogP contribution in [0.5, 0.6) is 0 Å². The van der Waals surface area contributed by atoms with E-state index in [-0.39, 0.29) is 46.2 Å². The van der Waals surface area contributed by atoms with Crippen molar-refractivity contribution in [3.63, 3.8) is 0 Å². The molecule has 3 fully saturated rings. The third-order valence-electron chi connectivity index (χ3n) is 11.0. The average molecular weight is 614 g/mol. The van der Waals surface area contributed by atoms with E-state index in [9.17, 15) is 19.2 Å². The molecule has 0 aliphatic carbocycles. The zero-order chi connectivity index (χ0) is 33.1. The van der Waals surface area contributed by atoms with Gasteiger partial charge in [-0.25, -0.2) is 0 Å². The number of rotatable bonds is 8. The minimum Gasteiger partial charge on any atom is -0.307 e. The van der Waals surface area contributed by atoms with Crippen LogP contribution in [0, 0.1) is 23.7 Å². The predicted octanol–water partition coefficient (Wildman–Crippen LogP) is 5.86. The number of hydrogen-bond donors (Lipinski definition) is 1. The Hall–Kier alpha value is -3.32. The Morgan fingerprint density at radius 3 is 1.76 bits per heavy atom. The summed E-state index contributed by atoms with van der Waals surface area (Å²) in [7, 11) is 1.58. The summed E-state index contributed by atoms with van der Waals surface area (Å²) < 4.78 is 0. The van der Waals surface area contributed by atoms with Gasteiger partial charge in [0.1, 0.15) is 0 Å². The summed E-state index contributed by atoms with van der Waals surface area (Å²) in [4.78, 5) is 59.2. The summed E-state index contributed by atoms with van der Waals surface area (Å²) >= 11 is 0. The molecule has 0 radical (unpaired) electrons. The van der Waals surface area contributed by atoms with E-state index < -0.39 is 29.1 Å². The highest BCUT2D eigenvalue weighted by Crippen LogP contribution is 2.51. The van der Waals surface area contributed by atoms with Crippen LogP contribution in [0.2, 0.25) is 0 Å². The predicted molar refractivity (Wildman–Crippen MR) is 176 cm³/mol. The first-order valence-electron chi connectivity index (χ1n) is 16.5. The number of nitrogens with one attached hydrogen (secondary N) is 1. The SMILES string of the molecule is CC1C(=O)N(C2CC(C)(C)NC(C)(C)C2)C(=O)C1CC(C)(c1ccccc1)C1C(=O)N(C)C(=O)C1CC(C)(C)c1ccccc1. The zero-order valence-corrected chi connectivity index (χ0v) is 28.5. The Morgan fingerprint density at radius 2 is 1.22 bits per heavy atom. The molecule has 3 aliphatic rings. The van der Waals surface area contributed by atoms with Gasteiger partial charge in [-0.3, -0.25) is 29.0 Å². The highest BCUT2D eigenvalue weighted by Gasteiger charge is 2.59. The Kier molecular flexibility index (Phi) is 8.44. The van der Waals surface area contributed by atoms with Crippen LogP contribution in [0.1, 0.15) is 92.2 Å². The number of likely N-dealkylation sites (tertiary alicyclic amines) is 2. The maximum absolute atomic E-state index is 14.4. The van der Waals surface area contributed by atoms with Crippen LogP contribution in [-0.2, 0) is 30.0 Å². The lowest BCUT2D eigenvalue weighted by molar-refractivity contribution is -0.145. The minimum atomic E-state index is -0.867. The Morgan fingerprint density at radius 1 is 0.711 bits per heavy atom. The number of piperidine rings is 1. The van der Waals surface area contributed by atoms with E-state index in [1.807, 2.05) is 62.4 Å². The maximum atomic E-state index is 14.4. The molecular formula is C38H51N3O4. The van der Waals surface area contributed by atoms with Crippen molar-refractivity contribution in [3.8, 4) is 0 Å². The lowest BCUT2D eigenvalue weighted by Gasteiger charge is -2.48. The van der Waals surface area contributed by atoms with Crippen molar-refractivity contribution in [1.82, 2.24) is 15.1 Å². The molecule has 0 saturated carbocycles. The second-order valence-electron chi connectivity index (χ2n) is 16.2. The molecule has 2 aromatic rings. The van der Waals surface area contributed by atoms with Gasteiger partial charge in [0.25, 0.3) is 0 Å². The first-order valence-corrected chi connectivity index (χ1v) is 16.5. The second-order valence-corrected chi connectivity index (χ2v) is 16.2. The van der Waals surface area contributed by atoms with Gasteiger partial charge in [0, 0.05) is 35.5 Å². The quantitative estimate of drug-likeness (QED) is 0.377. The number of amides is 4. The van der Waals surface area contributed by atoms with Crippen molar-refractivity contribution >= 4 is 23.6 Å². The average Bonchev–Trinajstić information content (AvgIpc) is 3.30. The highest BCUT2D eigenvalue weighted by atomic mass is 16.2. The Bertz CT molecular complexity index is 1450. The third-order valence-corrected chi connectivity index (χ3v) is 11.0. The summed E-state index contributed by atoms with van der Waals surface area (Å²) in [6.45, 7) is 16.6. The Labute approximate surface area is 269 Å². The van der Waals surface area contributed by atoms with Gasteiger partial charge in [-0.2, -0.15) is 0 Å². The molecule has 4 amide bonds. The van der Waals surface area contributed by atoms with E-state index in [1.165, 1.54) is 4.90 Å². The first kappa shape index (κ1) is 33.1. The standard InChI is InChI=1S/C38H51N3O4/c1-24-28(33(44)41(31(24)42)27-20-36(4,5)39-37(6,7)21-27)23-38(8,26-18-14-11-15-19-26)30-29(32(43)40(9)34(30)45)22-35(2,3)25-16-12-10-13-17-25/h10-19,24,27-30,39H,20-23H2,1-9H3. The van der Waals surface area contributed by atoms with Crippen molar-refractivity contribution in [3.05, 3.63) is 71.8 Å². The van der Waals surface area contributed by atoms with Crippen LogP contribution < -0.4 is 5.32 Å². The molecule has 242 valence electrons. The normalized spacial score (nSPS) is 28.6. The van der Waals surface area contributed by atoms with Crippen molar-refractivity contribution in [2.75, 3.05) is 7.05 Å². The van der Waals surface area contributed by atoms with E-state index in [4.69, 9.17) is 0 Å². The van der Waals surface area contributed by atoms with Crippen molar-refractivity contribution in [1.29, 1.82) is 0 Å². The summed E-state index contributed by atoms with van der Waals surface area (Å²) in [5.41, 5.74) is 0.311. The lowest BCUT2D eigenvalue weighted by atomic mass is 9.60. The molecule has 0 spiro atoms. The topological polar surface area (TPSA) is 86.8 Å². The molecule has 7 heteroatoms. The van der Waals surface area contributed by atoms with E-state index in [0.717, 1.165) is 11.1 Å². The highest BCUT2D eigenvalue weighted by molar-refractivity contribution is 6.07. The lowest BCUT2D eigenvalue weighted by Crippen LogP contribution is -2.63. The van der Waals surface area contributed by atoms with E-state index in [0.29, 0.717) is 25.7 Å². The molecule has 0 bridgehead atoms. The fraction of sp³-hybridized carbons (Fsp3) is 0.579. The van der Waals surface area contributed by atoms with Crippen LogP contribution in [0.4, 0.5) is 0 Å². The minimum absolute atomic E-state index is 0.133. The molecule has 3 aliphatic heterocycles. The molecule has 5 atom stereocenters. The third kappa shape index (κ3) is 6.00. The monoisotopic (exact) mass is 613 g/mol. The molecular weight excluding hydrogens is 562 g/mol. The van der Waals surface area contributed by atoms with Gasteiger partial charge in [-0.1, -0.05) is 88.4 Å². The van der Waals surface area contributed by atoms with Crippen LogP contribution in [0.25, 0.3) is 0 Å². The second kappa shape index (κ2) is 11.5. The van der Waals surface area contributed by atoms with E-state index in [1.54, 1.807) is 11.9 Å². The fourth-order valence-corrected chi connectivity index (χ4v) is 9.03. The Balaban J connectivity index is 1.54. The van der Waals surface area contributed by atoms with Gasteiger partial charge in [-0.15, -0.1) is 0 Å². The molecule has 2 aromatic carbocycles. The van der Waals surface area contributed by atoms with Crippen LogP contribution in [0.15, 0.2) is 60.7 Å². The summed E-state index contributed by atoms with van der Waals surface area (Å²) in [6, 6.07) is 19.7. The summed E-state index contributed by atoms with van der Waals surface area (Å²) in [5, 5.41) is 3.66. The molecule has 5 rings (SSSR count). The number of carbonyl (C=O) groups excluding carboxylic acids is 4. The van der Waals surface area contributed by atoms with E-state index in [2.05, 4.69) is 59.0 Å². The number of benzene rings is 2. The van der Waals surface area contributed by atoms with Crippen LogP contribution in [-0.4, -0.2) is 57.6 Å². The van der Waals surface area contributed by atoms with Gasteiger partial charge in [-0.05, 0) is 69.9 Å². The summed E-state index contributed by atoms with van der Waals surface area (Å²) in [6.07, 6.45) is 2.15. The van der Waals surface area contributed by atoms with Gasteiger partial charge in [0.05, 0.1) is 17.8 Å². The first-order chi connectivity index (χ1) is 20.9. The largest absolute Gasteiger partial charge is 0.307 e. The number of carbonyl (C=O) groups is 4. The van der Waals surface area contributed by atoms with Gasteiger partial charge in [0.15, 0.2) is 0 Å². The van der Waals surface area contributed by atoms with Crippen molar-refractivity contribution in [2.45, 2.75) is 109 Å². The van der Waals surface area contributed by atoms with Crippen molar-refractivity contribution in [2.24, 2.45) is 23.7 Å². The zero-order valence-electron chi connectivity index (χ0n) is 28.5. The molecule has 7 nitrogen and oxygen atoms in total. The fourth-order valence-electron chi connectivity index (χ4n) is 9.03. The van der Waals surface area contributed by atoms with Gasteiger partial charge >= 0.3 is 0 Å². The number of hydrogen-bond acceptors (Lipinski definition) is 5. The van der Waals surface area contributed by atoms with Gasteiger partial charge < -0.3 is 5.32 Å². The molecule has 5 unspecified atom stereocenters. The van der Waals surface area contributed by atoms with Crippen molar-refractivity contribution < 1.29 is 19.2 Å². The molecule has 0 aromatic heterocycles. The molecule has 45 heavy (non-hydrogen) atoms. The number of nitrogens with zero attached hydrogens (tertiary/aromatic N) is 2. The molecule has 3 heterocycles. The molecule has 1 N–H and O–H groups in total. The smallest absolute Gasteiger partial charge is 0.233 e. The maximum Gasteiger partial charge on any atom is 0.233 e. The van der Waals surface area contributed by atoms with Gasteiger partial charge in [0.2, 0.25) is 23.6 Å². The van der Waals surface area contributed by atoms with Crippen LogP contribution in [0.3, 0.4) is 0 Å². The molecule has 3 saturated heterocycles.